The molecule has 0 spiro atoms. The van der Waals surface area contributed by atoms with E-state index >= 15 is 0 Å². The fourth-order valence-corrected chi connectivity index (χ4v) is 3.61. The molecule has 0 saturated heterocycles. The van der Waals surface area contributed by atoms with E-state index in [1.807, 2.05) is 0 Å². The summed E-state index contributed by atoms with van der Waals surface area (Å²) in [6, 6.07) is 11.3. The molecular weight excluding hydrogens is 395 g/mol. The number of sulfonamides is 1. The van der Waals surface area contributed by atoms with Crippen LogP contribution < -0.4 is 9.46 Å². The molecule has 0 aliphatic heterocycles. The first-order chi connectivity index (χ1) is 13.3. The van der Waals surface area contributed by atoms with Gasteiger partial charge in [0, 0.05) is 30.7 Å². The molecule has 1 aromatic carbocycles. The highest BCUT2D eigenvalue weighted by Crippen LogP contribution is 2.29. The number of benzene rings is 1. The molecule has 1 N–H and O–H groups in total. The van der Waals surface area contributed by atoms with Crippen molar-refractivity contribution < 1.29 is 26.3 Å². The number of ether oxygens (including phenoxy) is 1. The maximum Gasteiger partial charge on any atom is 0.573 e. The van der Waals surface area contributed by atoms with E-state index in [0.29, 0.717) is 16.8 Å². The second-order valence-electron chi connectivity index (χ2n) is 5.57. The van der Waals surface area contributed by atoms with Crippen LogP contribution in [0.5, 0.6) is 5.75 Å². The smallest absolute Gasteiger partial charge is 0.404 e. The molecule has 0 amide bonds. The zero-order chi connectivity index (χ0) is 20.2. The quantitative estimate of drug-likeness (QED) is 0.674. The Labute approximate surface area is 159 Å². The second-order valence-corrected chi connectivity index (χ2v) is 7.31. The maximum absolute atomic E-state index is 12.6. The van der Waals surface area contributed by atoms with Crippen LogP contribution in [-0.4, -0.2) is 24.7 Å². The van der Waals surface area contributed by atoms with Crippen molar-refractivity contribution in [2.24, 2.45) is 0 Å². The fourth-order valence-electron chi connectivity index (χ4n) is 2.48. The molecule has 0 bridgehead atoms. The molecule has 0 fully saturated rings. The Bertz CT molecular complexity index is 1060. The van der Waals surface area contributed by atoms with Gasteiger partial charge in [0.25, 0.3) is 0 Å². The van der Waals surface area contributed by atoms with E-state index in [4.69, 9.17) is 0 Å². The maximum atomic E-state index is 12.6. The minimum Gasteiger partial charge on any atom is -0.404 e. The second kappa shape index (κ2) is 7.95. The summed E-state index contributed by atoms with van der Waals surface area (Å²) >= 11 is 0. The summed E-state index contributed by atoms with van der Waals surface area (Å²) in [5.74, 6) is -0.804. The normalized spacial score (nSPS) is 12.0. The minimum atomic E-state index is -5.01. The Morgan fingerprint density at radius 2 is 1.75 bits per heavy atom. The highest BCUT2D eigenvalue weighted by molar-refractivity contribution is 7.89. The summed E-state index contributed by atoms with van der Waals surface area (Å²) in [5, 5.41) is 0. The number of para-hydroxylation sites is 1. The van der Waals surface area contributed by atoms with Crippen molar-refractivity contribution in [2.75, 3.05) is 0 Å². The Hall–Kier alpha value is -2.98. The van der Waals surface area contributed by atoms with Gasteiger partial charge in [0.15, 0.2) is 0 Å². The molecule has 0 unspecified atom stereocenters. The SMILES string of the molecule is O=S(=O)(NCc1cccnc1-c1cccnc1)c1ccccc1OC(F)(F)F. The molecule has 146 valence electrons. The van der Waals surface area contributed by atoms with E-state index in [9.17, 15) is 21.6 Å². The van der Waals surface area contributed by atoms with Crippen LogP contribution in [0.1, 0.15) is 5.56 Å². The van der Waals surface area contributed by atoms with Crippen LogP contribution in [0.2, 0.25) is 0 Å². The lowest BCUT2D eigenvalue weighted by Gasteiger charge is -2.14. The molecule has 2 aromatic heterocycles. The van der Waals surface area contributed by atoms with Crippen molar-refractivity contribution in [1.29, 1.82) is 0 Å². The summed E-state index contributed by atoms with van der Waals surface area (Å²) in [6.07, 6.45) is -0.297. The van der Waals surface area contributed by atoms with Gasteiger partial charge in [-0.25, -0.2) is 13.1 Å². The van der Waals surface area contributed by atoms with E-state index in [0.717, 1.165) is 12.1 Å². The average molecular weight is 409 g/mol. The molecule has 0 radical (unpaired) electrons. The van der Waals surface area contributed by atoms with E-state index < -0.39 is 27.0 Å². The van der Waals surface area contributed by atoms with Crippen LogP contribution in [0.3, 0.4) is 0 Å². The third-order valence-electron chi connectivity index (χ3n) is 3.64. The van der Waals surface area contributed by atoms with Gasteiger partial charge in [-0.05, 0) is 35.9 Å². The van der Waals surface area contributed by atoms with Crippen molar-refractivity contribution in [3.8, 4) is 17.0 Å². The fraction of sp³-hybridized carbons (Fsp3) is 0.111. The number of rotatable bonds is 6. The van der Waals surface area contributed by atoms with Crippen molar-refractivity contribution in [3.63, 3.8) is 0 Å². The summed E-state index contributed by atoms with van der Waals surface area (Å²) in [6.45, 7) is -0.180. The number of alkyl halides is 3. The van der Waals surface area contributed by atoms with E-state index in [2.05, 4.69) is 19.4 Å². The summed E-state index contributed by atoms with van der Waals surface area (Å²) < 4.78 is 68.9. The average Bonchev–Trinajstić information content (AvgIpc) is 2.66. The standard InChI is InChI=1S/C18H14F3N3O3S/c19-18(20,21)27-15-7-1-2-8-16(15)28(25,26)24-12-14-6-4-10-23-17(14)13-5-3-9-22-11-13/h1-11,24H,12H2. The van der Waals surface area contributed by atoms with Gasteiger partial charge >= 0.3 is 6.36 Å². The zero-order valence-corrected chi connectivity index (χ0v) is 15.0. The first-order valence-corrected chi connectivity index (χ1v) is 9.43. The number of nitrogens with zero attached hydrogens (tertiary/aromatic N) is 2. The lowest BCUT2D eigenvalue weighted by Crippen LogP contribution is -2.26. The largest absolute Gasteiger partial charge is 0.573 e. The summed E-state index contributed by atoms with van der Waals surface area (Å²) in [5.41, 5.74) is 1.73. The predicted molar refractivity (Wildman–Crippen MR) is 94.6 cm³/mol. The van der Waals surface area contributed by atoms with E-state index in [-0.39, 0.29) is 6.54 Å². The number of pyridine rings is 2. The van der Waals surface area contributed by atoms with Crippen LogP contribution in [0.25, 0.3) is 11.3 Å². The van der Waals surface area contributed by atoms with Gasteiger partial charge in [0.1, 0.15) is 10.6 Å². The van der Waals surface area contributed by atoms with Crippen molar-refractivity contribution in [3.05, 3.63) is 72.7 Å². The molecule has 10 heteroatoms. The van der Waals surface area contributed by atoms with Crippen LogP contribution in [0.4, 0.5) is 13.2 Å². The number of hydrogen-bond donors (Lipinski definition) is 1. The Morgan fingerprint density at radius 1 is 1.00 bits per heavy atom. The van der Waals surface area contributed by atoms with Gasteiger partial charge in [-0.3, -0.25) is 9.97 Å². The van der Waals surface area contributed by atoms with Gasteiger partial charge in [0.05, 0.1) is 5.69 Å². The Kier molecular flexibility index (Phi) is 5.61. The van der Waals surface area contributed by atoms with Crippen molar-refractivity contribution >= 4 is 10.0 Å². The lowest BCUT2D eigenvalue weighted by molar-refractivity contribution is -0.275. The molecule has 3 aromatic rings. The molecule has 2 heterocycles. The highest BCUT2D eigenvalue weighted by atomic mass is 32.2. The first kappa shape index (κ1) is 19.8. The molecule has 0 aliphatic rings. The van der Waals surface area contributed by atoms with E-state index in [1.54, 1.807) is 42.9 Å². The summed E-state index contributed by atoms with van der Waals surface area (Å²) in [7, 11) is -4.28. The topological polar surface area (TPSA) is 81.2 Å². The molecule has 28 heavy (non-hydrogen) atoms. The van der Waals surface area contributed by atoms with Gasteiger partial charge in [-0.1, -0.05) is 18.2 Å². The molecule has 0 aliphatic carbocycles. The van der Waals surface area contributed by atoms with Crippen LogP contribution in [0, 0.1) is 0 Å². The molecule has 3 rings (SSSR count). The summed E-state index contributed by atoms with van der Waals surface area (Å²) in [4.78, 5) is 7.63. The van der Waals surface area contributed by atoms with Crippen molar-refractivity contribution in [1.82, 2.24) is 14.7 Å². The van der Waals surface area contributed by atoms with Gasteiger partial charge < -0.3 is 4.74 Å². The molecule has 0 saturated carbocycles. The third-order valence-corrected chi connectivity index (χ3v) is 5.08. The van der Waals surface area contributed by atoms with Crippen LogP contribution in [-0.2, 0) is 16.6 Å². The van der Waals surface area contributed by atoms with Gasteiger partial charge in [-0.15, -0.1) is 13.2 Å². The van der Waals surface area contributed by atoms with E-state index in [1.165, 1.54) is 12.1 Å². The zero-order valence-electron chi connectivity index (χ0n) is 14.2. The number of halogens is 3. The number of nitrogens with one attached hydrogen (secondary N) is 1. The third kappa shape index (κ3) is 4.84. The Morgan fingerprint density at radius 3 is 2.46 bits per heavy atom. The minimum absolute atomic E-state index is 0.180. The molecule has 0 atom stereocenters. The van der Waals surface area contributed by atoms with Crippen molar-refractivity contribution in [2.45, 2.75) is 17.8 Å². The lowest BCUT2D eigenvalue weighted by atomic mass is 10.1. The van der Waals surface area contributed by atoms with Gasteiger partial charge in [0.2, 0.25) is 10.0 Å². The monoisotopic (exact) mass is 409 g/mol. The highest BCUT2D eigenvalue weighted by Gasteiger charge is 2.34. The van der Waals surface area contributed by atoms with Gasteiger partial charge in [-0.2, -0.15) is 0 Å². The molecule has 6 nitrogen and oxygen atoms in total. The number of hydrogen-bond acceptors (Lipinski definition) is 5. The van der Waals surface area contributed by atoms with Crippen LogP contribution in [0.15, 0.2) is 72.0 Å². The molecular formula is C18H14F3N3O3S. The first-order valence-electron chi connectivity index (χ1n) is 7.95. The predicted octanol–water partition coefficient (Wildman–Crippen LogP) is 3.52. The number of aromatic nitrogens is 2. The Balaban J connectivity index is 1.87. The van der Waals surface area contributed by atoms with Crippen LogP contribution >= 0.6 is 0 Å².